The molecule has 0 saturated heterocycles. The number of ether oxygens (including phenoxy) is 1. The summed E-state index contributed by atoms with van der Waals surface area (Å²) in [6.45, 7) is 2.91. The lowest BCUT2D eigenvalue weighted by atomic mass is 10.0. The predicted molar refractivity (Wildman–Crippen MR) is 119 cm³/mol. The zero-order valence-electron chi connectivity index (χ0n) is 17.9. The molecule has 0 amide bonds. The Kier molecular flexibility index (Phi) is 10.4. The number of benzene rings is 2. The van der Waals surface area contributed by atoms with Crippen LogP contribution in [0.25, 0.3) is 0 Å². The van der Waals surface area contributed by atoms with Crippen molar-refractivity contribution in [1.29, 1.82) is 5.26 Å². The van der Waals surface area contributed by atoms with Crippen LogP contribution in [-0.2, 0) is 0 Å². The molecule has 2 rings (SSSR count). The molecule has 2 aromatic carbocycles. The molecule has 158 valence electrons. The highest BCUT2D eigenvalue weighted by Gasteiger charge is 2.14. The molecule has 0 spiro atoms. The smallest absolute Gasteiger partial charge is 0.170 e. The van der Waals surface area contributed by atoms with Crippen molar-refractivity contribution in [2.75, 3.05) is 6.61 Å². The summed E-state index contributed by atoms with van der Waals surface area (Å²) in [7, 11) is 0. The Bertz CT molecular complexity index is 832. The number of carbonyl (C=O) groups is 2. The van der Waals surface area contributed by atoms with Gasteiger partial charge in [0.25, 0.3) is 0 Å². The minimum atomic E-state index is -0.250. The Labute approximate surface area is 179 Å². The van der Waals surface area contributed by atoms with Crippen LogP contribution in [-0.4, -0.2) is 18.2 Å². The highest BCUT2D eigenvalue weighted by molar-refractivity contribution is 6.13. The first-order valence-electron chi connectivity index (χ1n) is 10.9. The Hall–Kier alpha value is -2.93. The largest absolute Gasteiger partial charge is 0.494 e. The van der Waals surface area contributed by atoms with Gasteiger partial charge in [0, 0.05) is 11.1 Å². The van der Waals surface area contributed by atoms with Gasteiger partial charge < -0.3 is 4.74 Å². The quantitative estimate of drug-likeness (QED) is 0.203. The van der Waals surface area contributed by atoms with Crippen molar-refractivity contribution in [2.24, 2.45) is 0 Å². The van der Waals surface area contributed by atoms with Gasteiger partial charge in [0.2, 0.25) is 0 Å². The second-order valence-electron chi connectivity index (χ2n) is 7.56. The van der Waals surface area contributed by atoms with Gasteiger partial charge >= 0.3 is 0 Å². The molecule has 0 N–H and O–H groups in total. The molecule has 0 aliphatic heterocycles. The summed E-state index contributed by atoms with van der Waals surface area (Å²) in [4.78, 5) is 24.6. The molecular formula is C26H31NO3. The van der Waals surface area contributed by atoms with E-state index in [9.17, 15) is 9.59 Å². The van der Waals surface area contributed by atoms with Gasteiger partial charge in [-0.05, 0) is 42.8 Å². The van der Waals surface area contributed by atoms with Gasteiger partial charge in [-0.2, -0.15) is 5.26 Å². The van der Waals surface area contributed by atoms with Gasteiger partial charge in [-0.1, -0.05) is 64.0 Å². The zero-order chi connectivity index (χ0) is 21.6. The number of nitriles is 1. The third kappa shape index (κ3) is 8.21. The van der Waals surface area contributed by atoms with Crippen LogP contribution in [0.15, 0.2) is 48.5 Å². The number of ketones is 2. The third-order valence-corrected chi connectivity index (χ3v) is 5.10. The summed E-state index contributed by atoms with van der Waals surface area (Å²) < 4.78 is 5.75. The molecule has 30 heavy (non-hydrogen) atoms. The molecule has 0 unspecified atom stereocenters. The van der Waals surface area contributed by atoms with Gasteiger partial charge in [0.15, 0.2) is 11.6 Å². The first-order valence-corrected chi connectivity index (χ1v) is 10.9. The average Bonchev–Trinajstić information content (AvgIpc) is 2.78. The second-order valence-corrected chi connectivity index (χ2v) is 7.56. The fourth-order valence-corrected chi connectivity index (χ4v) is 3.24. The van der Waals surface area contributed by atoms with Crippen LogP contribution in [0.4, 0.5) is 0 Å². The summed E-state index contributed by atoms with van der Waals surface area (Å²) in [6, 6.07) is 15.3. The van der Waals surface area contributed by atoms with Crippen molar-refractivity contribution in [3.05, 3.63) is 65.2 Å². The maximum Gasteiger partial charge on any atom is 0.170 e. The molecule has 0 heterocycles. The Morgan fingerprint density at radius 2 is 1.27 bits per heavy atom. The molecule has 4 heteroatoms. The monoisotopic (exact) mass is 405 g/mol. The van der Waals surface area contributed by atoms with Gasteiger partial charge in [-0.3, -0.25) is 9.59 Å². The topological polar surface area (TPSA) is 67.2 Å². The number of Topliss-reactive ketones (excluding diaryl/α,β-unsaturated/α-hetero) is 2. The van der Waals surface area contributed by atoms with E-state index in [2.05, 4.69) is 6.92 Å². The van der Waals surface area contributed by atoms with E-state index in [0.717, 1.165) is 12.2 Å². The van der Waals surface area contributed by atoms with Crippen molar-refractivity contribution in [3.8, 4) is 11.8 Å². The fourth-order valence-electron chi connectivity index (χ4n) is 3.24. The fraction of sp³-hybridized carbons (Fsp3) is 0.423. The van der Waals surface area contributed by atoms with E-state index in [1.165, 1.54) is 44.9 Å². The van der Waals surface area contributed by atoms with Crippen LogP contribution in [0, 0.1) is 11.3 Å². The molecule has 0 fully saturated rings. The molecule has 0 saturated carbocycles. The van der Waals surface area contributed by atoms with E-state index < -0.39 is 0 Å². The molecule has 0 radical (unpaired) electrons. The third-order valence-electron chi connectivity index (χ3n) is 5.10. The SMILES string of the molecule is CCCCCCCCCCOc1ccc(C(=O)CC(=O)c2ccc(C#N)cc2)cc1. The van der Waals surface area contributed by atoms with Crippen molar-refractivity contribution in [1.82, 2.24) is 0 Å². The molecule has 0 bridgehead atoms. The van der Waals surface area contributed by atoms with Crippen molar-refractivity contribution in [3.63, 3.8) is 0 Å². The van der Waals surface area contributed by atoms with Crippen LogP contribution >= 0.6 is 0 Å². The number of rotatable bonds is 14. The van der Waals surface area contributed by atoms with E-state index >= 15 is 0 Å². The van der Waals surface area contributed by atoms with E-state index in [-0.39, 0.29) is 18.0 Å². The lowest BCUT2D eigenvalue weighted by molar-refractivity contribution is 0.0894. The summed E-state index contributed by atoms with van der Waals surface area (Å²) in [5, 5.41) is 8.81. The number of nitrogens with zero attached hydrogens (tertiary/aromatic N) is 1. The molecule has 0 aliphatic rings. The van der Waals surface area contributed by atoms with E-state index in [1.807, 2.05) is 6.07 Å². The number of carbonyl (C=O) groups excluding carboxylic acids is 2. The Balaban J connectivity index is 1.69. The molecule has 0 aromatic heterocycles. The lowest BCUT2D eigenvalue weighted by Gasteiger charge is -2.07. The standard InChI is InChI=1S/C26H31NO3/c1-2-3-4-5-6-7-8-9-18-30-24-16-14-23(15-17-24)26(29)19-25(28)22-12-10-21(20-27)11-13-22/h10-17H,2-9,18-19H2,1H3. The second kappa shape index (κ2) is 13.3. The minimum absolute atomic E-state index is 0.190. The average molecular weight is 406 g/mol. The van der Waals surface area contributed by atoms with Crippen LogP contribution in [0.3, 0.4) is 0 Å². The van der Waals surface area contributed by atoms with E-state index in [1.54, 1.807) is 48.5 Å². The van der Waals surface area contributed by atoms with Gasteiger partial charge in [0.1, 0.15) is 5.75 Å². The first-order chi connectivity index (χ1) is 14.6. The van der Waals surface area contributed by atoms with Crippen molar-refractivity contribution < 1.29 is 14.3 Å². The van der Waals surface area contributed by atoms with Gasteiger partial charge in [-0.25, -0.2) is 0 Å². The van der Waals surface area contributed by atoms with E-state index in [4.69, 9.17) is 10.00 Å². The van der Waals surface area contributed by atoms with Crippen LogP contribution in [0.2, 0.25) is 0 Å². The van der Waals surface area contributed by atoms with Crippen LogP contribution < -0.4 is 4.74 Å². The van der Waals surface area contributed by atoms with Crippen molar-refractivity contribution in [2.45, 2.75) is 64.7 Å². The maximum atomic E-state index is 12.4. The normalized spacial score (nSPS) is 10.4. The van der Waals surface area contributed by atoms with Crippen LogP contribution in [0.5, 0.6) is 5.75 Å². The summed E-state index contributed by atoms with van der Waals surface area (Å²) in [5.74, 6) is 0.270. The first kappa shape index (κ1) is 23.3. The lowest BCUT2D eigenvalue weighted by Crippen LogP contribution is -2.08. The summed E-state index contributed by atoms with van der Waals surface area (Å²) in [6.07, 6.45) is 9.88. The predicted octanol–water partition coefficient (Wildman–Crippen LogP) is 6.53. The summed E-state index contributed by atoms with van der Waals surface area (Å²) in [5.41, 5.74) is 1.42. The van der Waals surface area contributed by atoms with E-state index in [0.29, 0.717) is 23.3 Å². The highest BCUT2D eigenvalue weighted by atomic mass is 16.5. The molecular weight excluding hydrogens is 374 g/mol. The number of hydrogen-bond donors (Lipinski definition) is 0. The highest BCUT2D eigenvalue weighted by Crippen LogP contribution is 2.16. The number of unbranched alkanes of at least 4 members (excludes halogenated alkanes) is 7. The maximum absolute atomic E-state index is 12.4. The van der Waals surface area contributed by atoms with Gasteiger partial charge in [-0.15, -0.1) is 0 Å². The van der Waals surface area contributed by atoms with Crippen molar-refractivity contribution >= 4 is 11.6 Å². The van der Waals surface area contributed by atoms with Gasteiger partial charge in [0.05, 0.1) is 24.7 Å². The molecule has 0 atom stereocenters. The molecule has 4 nitrogen and oxygen atoms in total. The summed E-state index contributed by atoms with van der Waals surface area (Å²) >= 11 is 0. The Morgan fingerprint density at radius 3 is 1.80 bits per heavy atom. The minimum Gasteiger partial charge on any atom is -0.494 e. The number of hydrogen-bond acceptors (Lipinski definition) is 4. The zero-order valence-corrected chi connectivity index (χ0v) is 17.9. The molecule has 0 aliphatic carbocycles. The Morgan fingerprint density at radius 1 is 0.767 bits per heavy atom. The van der Waals surface area contributed by atoms with Crippen LogP contribution in [0.1, 0.15) is 91.0 Å². The molecule has 2 aromatic rings.